The van der Waals surface area contributed by atoms with Crippen LogP contribution in [0.2, 0.25) is 0 Å². The van der Waals surface area contributed by atoms with Gasteiger partial charge in [0, 0.05) is 11.3 Å². The maximum absolute atomic E-state index is 12.7. The topological polar surface area (TPSA) is 59.1 Å². The van der Waals surface area contributed by atoms with E-state index in [1.165, 1.54) is 5.56 Å². The predicted octanol–water partition coefficient (Wildman–Crippen LogP) is 6.42. The van der Waals surface area contributed by atoms with Crippen LogP contribution in [-0.2, 0) is 16.4 Å². The first kappa shape index (κ1) is 20.6. The first-order valence-corrected chi connectivity index (χ1v) is 12.3. The number of aromatic nitrogens is 1. The van der Waals surface area contributed by atoms with Gasteiger partial charge in [-0.05, 0) is 79.4 Å². The molecule has 0 aliphatic rings. The fourth-order valence-corrected chi connectivity index (χ4v) is 5.39. The molecule has 154 valence electrons. The minimum absolute atomic E-state index is 0.272. The van der Waals surface area contributed by atoms with Crippen LogP contribution in [0.1, 0.15) is 30.9 Å². The Morgan fingerprint density at radius 1 is 0.967 bits per heavy atom. The summed E-state index contributed by atoms with van der Waals surface area (Å²) < 4.78 is 29.2. The highest BCUT2D eigenvalue weighted by Gasteiger charge is 2.14. The lowest BCUT2D eigenvalue weighted by Crippen LogP contribution is -2.12. The molecule has 1 heterocycles. The number of hydrogen-bond acceptors (Lipinski definition) is 4. The molecule has 6 heteroatoms. The standard InChI is InChI=1S/C24H24N2O2S2/c1-3-4-5-18-7-13-21(14-8-18)30(27,28)26-20-11-9-19(10-12-20)24-25-22-15-6-17(2)16-23(22)29-24/h6-16,26H,3-5H2,1-2H3. The molecule has 0 aliphatic heterocycles. The van der Waals surface area contributed by atoms with Gasteiger partial charge in [-0.1, -0.05) is 31.5 Å². The normalized spacial score (nSPS) is 11.7. The second kappa shape index (κ2) is 8.58. The van der Waals surface area contributed by atoms with Crippen molar-refractivity contribution in [2.24, 2.45) is 0 Å². The van der Waals surface area contributed by atoms with E-state index in [0.717, 1.165) is 45.6 Å². The van der Waals surface area contributed by atoms with E-state index in [-0.39, 0.29) is 4.90 Å². The molecule has 0 amide bonds. The van der Waals surface area contributed by atoms with E-state index in [1.807, 2.05) is 30.3 Å². The second-order valence-electron chi connectivity index (χ2n) is 7.42. The van der Waals surface area contributed by atoms with Crippen molar-refractivity contribution in [2.75, 3.05) is 4.72 Å². The number of fused-ring (bicyclic) bond motifs is 1. The van der Waals surface area contributed by atoms with Gasteiger partial charge in [-0.2, -0.15) is 0 Å². The van der Waals surface area contributed by atoms with E-state index in [2.05, 4.69) is 35.7 Å². The van der Waals surface area contributed by atoms with Crippen LogP contribution in [0.25, 0.3) is 20.8 Å². The largest absolute Gasteiger partial charge is 0.280 e. The lowest BCUT2D eigenvalue weighted by Gasteiger charge is -2.09. The first-order valence-electron chi connectivity index (χ1n) is 10.0. The number of anilines is 1. The van der Waals surface area contributed by atoms with Crippen molar-refractivity contribution in [3.05, 3.63) is 77.9 Å². The summed E-state index contributed by atoms with van der Waals surface area (Å²) in [5, 5.41) is 0.924. The van der Waals surface area contributed by atoms with Gasteiger partial charge in [0.2, 0.25) is 0 Å². The third kappa shape index (κ3) is 4.55. The molecule has 0 radical (unpaired) electrons. The zero-order valence-corrected chi connectivity index (χ0v) is 18.7. The summed E-state index contributed by atoms with van der Waals surface area (Å²) in [5.41, 5.74) is 4.85. The number of sulfonamides is 1. The molecule has 0 saturated heterocycles. The lowest BCUT2D eigenvalue weighted by atomic mass is 10.1. The fourth-order valence-electron chi connectivity index (χ4n) is 3.27. The molecule has 1 N–H and O–H groups in total. The molecule has 4 aromatic rings. The second-order valence-corrected chi connectivity index (χ2v) is 10.1. The van der Waals surface area contributed by atoms with Gasteiger partial charge in [0.15, 0.2) is 0 Å². The van der Waals surface area contributed by atoms with Crippen molar-refractivity contribution in [1.82, 2.24) is 4.98 Å². The molecular formula is C24H24N2O2S2. The summed E-state index contributed by atoms with van der Waals surface area (Å²) in [6.07, 6.45) is 3.19. The minimum Gasteiger partial charge on any atom is -0.280 e. The number of thiazole rings is 1. The van der Waals surface area contributed by atoms with Gasteiger partial charge in [-0.25, -0.2) is 13.4 Å². The monoisotopic (exact) mass is 436 g/mol. The third-order valence-electron chi connectivity index (χ3n) is 4.98. The highest BCUT2D eigenvalue weighted by molar-refractivity contribution is 7.92. The molecule has 0 saturated carbocycles. The van der Waals surface area contributed by atoms with E-state index < -0.39 is 10.0 Å². The molecule has 4 rings (SSSR count). The highest BCUT2D eigenvalue weighted by atomic mass is 32.2. The van der Waals surface area contributed by atoms with Gasteiger partial charge < -0.3 is 0 Å². The average Bonchev–Trinajstić information content (AvgIpc) is 3.16. The Morgan fingerprint density at radius 3 is 2.40 bits per heavy atom. The van der Waals surface area contributed by atoms with E-state index in [9.17, 15) is 8.42 Å². The van der Waals surface area contributed by atoms with E-state index in [4.69, 9.17) is 0 Å². The maximum Gasteiger partial charge on any atom is 0.261 e. The predicted molar refractivity (Wildman–Crippen MR) is 126 cm³/mol. The molecule has 4 nitrogen and oxygen atoms in total. The summed E-state index contributed by atoms with van der Waals surface area (Å²) in [6.45, 7) is 4.21. The number of benzene rings is 3. The molecular weight excluding hydrogens is 412 g/mol. The fraction of sp³-hybridized carbons (Fsp3) is 0.208. The van der Waals surface area contributed by atoms with Crippen molar-refractivity contribution >= 4 is 37.3 Å². The van der Waals surface area contributed by atoms with E-state index in [0.29, 0.717) is 5.69 Å². The van der Waals surface area contributed by atoms with Crippen molar-refractivity contribution in [3.63, 3.8) is 0 Å². The van der Waals surface area contributed by atoms with Crippen molar-refractivity contribution < 1.29 is 8.42 Å². The van der Waals surface area contributed by atoms with Crippen LogP contribution in [-0.4, -0.2) is 13.4 Å². The summed E-state index contributed by atoms with van der Waals surface area (Å²) in [5.74, 6) is 0. The third-order valence-corrected chi connectivity index (χ3v) is 7.45. The van der Waals surface area contributed by atoms with Crippen LogP contribution >= 0.6 is 11.3 Å². The van der Waals surface area contributed by atoms with Gasteiger partial charge >= 0.3 is 0 Å². The van der Waals surface area contributed by atoms with Crippen LogP contribution in [0.15, 0.2) is 71.6 Å². The summed E-state index contributed by atoms with van der Waals surface area (Å²) in [7, 11) is -3.62. The average molecular weight is 437 g/mol. The van der Waals surface area contributed by atoms with Gasteiger partial charge in [-0.3, -0.25) is 4.72 Å². The van der Waals surface area contributed by atoms with Crippen LogP contribution in [0.5, 0.6) is 0 Å². The summed E-state index contributed by atoms with van der Waals surface area (Å²) >= 11 is 1.64. The molecule has 0 fully saturated rings. The quantitative estimate of drug-likeness (QED) is 0.364. The van der Waals surface area contributed by atoms with E-state index >= 15 is 0 Å². The molecule has 30 heavy (non-hydrogen) atoms. The SMILES string of the molecule is CCCCc1ccc(S(=O)(=O)Nc2ccc(-c3nc4ccc(C)cc4s3)cc2)cc1. The molecule has 0 atom stereocenters. The van der Waals surface area contributed by atoms with Crippen molar-refractivity contribution in [1.29, 1.82) is 0 Å². The molecule has 0 aliphatic carbocycles. The molecule has 0 spiro atoms. The molecule has 0 unspecified atom stereocenters. The number of hydrogen-bond donors (Lipinski definition) is 1. The zero-order chi connectivity index (χ0) is 21.1. The number of rotatable bonds is 7. The smallest absolute Gasteiger partial charge is 0.261 e. The Morgan fingerprint density at radius 2 is 1.70 bits per heavy atom. The van der Waals surface area contributed by atoms with Crippen LogP contribution in [0, 0.1) is 6.92 Å². The van der Waals surface area contributed by atoms with Gasteiger partial charge in [-0.15, -0.1) is 11.3 Å². The Kier molecular flexibility index (Phi) is 5.88. The van der Waals surface area contributed by atoms with Crippen LogP contribution in [0.3, 0.4) is 0 Å². The van der Waals surface area contributed by atoms with Crippen molar-refractivity contribution in [3.8, 4) is 10.6 Å². The number of aryl methyl sites for hydroxylation is 2. The molecule has 1 aromatic heterocycles. The van der Waals surface area contributed by atoms with Gasteiger partial charge in [0.25, 0.3) is 10.0 Å². The molecule has 3 aromatic carbocycles. The van der Waals surface area contributed by atoms with Crippen LogP contribution in [0.4, 0.5) is 5.69 Å². The molecule has 0 bridgehead atoms. The Bertz CT molecular complexity index is 1260. The number of nitrogens with one attached hydrogen (secondary N) is 1. The maximum atomic E-state index is 12.7. The minimum atomic E-state index is -3.62. The van der Waals surface area contributed by atoms with Crippen molar-refractivity contribution in [2.45, 2.75) is 38.0 Å². The van der Waals surface area contributed by atoms with Crippen LogP contribution < -0.4 is 4.72 Å². The Balaban J connectivity index is 1.50. The Hall–Kier alpha value is -2.70. The summed E-state index contributed by atoms with van der Waals surface area (Å²) in [4.78, 5) is 4.96. The number of nitrogens with zero attached hydrogens (tertiary/aromatic N) is 1. The zero-order valence-electron chi connectivity index (χ0n) is 17.1. The Labute approximate surface area is 181 Å². The van der Waals surface area contributed by atoms with Gasteiger partial charge in [0.1, 0.15) is 5.01 Å². The lowest BCUT2D eigenvalue weighted by molar-refractivity contribution is 0.601. The van der Waals surface area contributed by atoms with E-state index in [1.54, 1.807) is 35.6 Å². The van der Waals surface area contributed by atoms with Gasteiger partial charge in [0.05, 0.1) is 15.1 Å². The highest BCUT2D eigenvalue weighted by Crippen LogP contribution is 2.31. The first-order chi connectivity index (χ1) is 14.4. The number of unbranched alkanes of at least 4 members (excludes halogenated alkanes) is 1. The summed E-state index contributed by atoms with van der Waals surface area (Å²) in [6, 6.07) is 20.7.